The third-order valence-corrected chi connectivity index (χ3v) is 8.22. The Labute approximate surface area is 265 Å². The number of nitrogens with zero attached hydrogens (tertiary/aromatic N) is 5. The van der Waals surface area contributed by atoms with Crippen molar-refractivity contribution >= 4 is 40.8 Å². The smallest absolute Gasteiger partial charge is 0.252 e. The first-order chi connectivity index (χ1) is 22.0. The van der Waals surface area contributed by atoms with Gasteiger partial charge in [-0.3, -0.25) is 24.2 Å². The van der Waals surface area contributed by atoms with Crippen LogP contribution < -0.4 is 15.1 Å². The van der Waals surface area contributed by atoms with Crippen LogP contribution in [0.3, 0.4) is 0 Å². The Morgan fingerprint density at radius 3 is 2.65 bits per heavy atom. The molecule has 2 aromatic heterocycles. The lowest BCUT2D eigenvalue weighted by atomic mass is 9.87. The van der Waals surface area contributed by atoms with E-state index in [-0.39, 0.29) is 51.8 Å². The van der Waals surface area contributed by atoms with E-state index in [1.54, 1.807) is 12.1 Å². The molecule has 2 unspecified atom stereocenters. The van der Waals surface area contributed by atoms with Crippen LogP contribution in [0.5, 0.6) is 0 Å². The van der Waals surface area contributed by atoms with Crippen molar-refractivity contribution in [1.82, 2.24) is 15.3 Å². The van der Waals surface area contributed by atoms with Crippen molar-refractivity contribution in [3.8, 4) is 17.4 Å². The Kier molecular flexibility index (Phi) is 8.22. The van der Waals surface area contributed by atoms with E-state index in [2.05, 4.69) is 15.3 Å². The lowest BCUT2D eigenvalue weighted by Gasteiger charge is -2.39. The maximum atomic E-state index is 15.3. The summed E-state index contributed by atoms with van der Waals surface area (Å²) in [4.78, 5) is 52.3. The number of benzene rings is 2. The molecule has 0 bridgehead atoms. The summed E-state index contributed by atoms with van der Waals surface area (Å²) in [6.45, 7) is 0. The number of carbonyl (C=O) groups is 3. The van der Waals surface area contributed by atoms with Gasteiger partial charge in [0.05, 0.1) is 17.8 Å². The highest BCUT2D eigenvalue weighted by Gasteiger charge is 2.48. The number of pyridine rings is 1. The number of carbonyl (C=O) groups excluding carboxylic acids is 3. The normalized spacial score (nSPS) is 18.0. The van der Waals surface area contributed by atoms with Gasteiger partial charge in [0.15, 0.2) is 12.2 Å². The number of rotatable bonds is 8. The number of hydrogen-bond acceptors (Lipinski definition) is 7. The highest BCUT2D eigenvalue weighted by Crippen LogP contribution is 2.40. The Balaban J connectivity index is 1.50. The van der Waals surface area contributed by atoms with E-state index in [1.165, 1.54) is 42.7 Å². The molecule has 46 heavy (non-hydrogen) atoms. The zero-order valence-electron chi connectivity index (χ0n) is 23.9. The zero-order valence-corrected chi connectivity index (χ0v) is 24.6. The lowest BCUT2D eigenvalue weighted by molar-refractivity contribution is -0.133. The molecule has 4 aromatic rings. The molecule has 1 N–H and O–H groups in total. The molecular formula is C32H24ClF3N6O4. The van der Waals surface area contributed by atoms with Crippen molar-refractivity contribution in [2.75, 3.05) is 9.80 Å². The molecular weight excluding hydrogens is 625 g/mol. The van der Waals surface area contributed by atoms with Crippen LogP contribution in [0.4, 0.5) is 24.7 Å². The Morgan fingerprint density at radius 2 is 1.96 bits per heavy atom. The van der Waals surface area contributed by atoms with Crippen LogP contribution in [-0.4, -0.2) is 45.7 Å². The molecule has 14 heteroatoms. The number of oxazole rings is 1. The summed E-state index contributed by atoms with van der Waals surface area (Å²) >= 11 is 6.57. The summed E-state index contributed by atoms with van der Waals surface area (Å²) in [5.41, 5.74) is 0.408. The highest BCUT2D eigenvalue weighted by molar-refractivity contribution is 6.31. The Hall–Kier alpha value is -5.22. The number of nitriles is 1. The second kappa shape index (κ2) is 12.3. The number of nitrogens with one attached hydrogen (secondary N) is 1. The van der Waals surface area contributed by atoms with E-state index in [1.807, 2.05) is 6.07 Å². The van der Waals surface area contributed by atoms with Crippen LogP contribution in [-0.2, 0) is 14.4 Å². The molecule has 0 radical (unpaired) electrons. The summed E-state index contributed by atoms with van der Waals surface area (Å²) in [6.07, 6.45) is 2.56. The van der Waals surface area contributed by atoms with Crippen LogP contribution >= 0.6 is 11.6 Å². The molecule has 6 rings (SSSR count). The minimum Gasteiger partial charge on any atom is -0.444 e. The van der Waals surface area contributed by atoms with Crippen molar-refractivity contribution in [2.45, 2.75) is 49.7 Å². The van der Waals surface area contributed by atoms with Gasteiger partial charge in [0.25, 0.3) is 11.8 Å². The van der Waals surface area contributed by atoms with Crippen molar-refractivity contribution in [1.29, 1.82) is 5.26 Å². The average molecular weight is 649 g/mol. The van der Waals surface area contributed by atoms with Crippen LogP contribution in [0.1, 0.15) is 42.9 Å². The minimum atomic E-state index is -2.95. The average Bonchev–Trinajstić information content (AvgIpc) is 3.69. The van der Waals surface area contributed by atoms with E-state index >= 15 is 4.39 Å². The first kappa shape index (κ1) is 30.8. The van der Waals surface area contributed by atoms with Crippen LogP contribution in [0.25, 0.3) is 11.3 Å². The van der Waals surface area contributed by atoms with Crippen LogP contribution in [0, 0.1) is 17.1 Å². The van der Waals surface area contributed by atoms with Gasteiger partial charge >= 0.3 is 0 Å². The summed E-state index contributed by atoms with van der Waals surface area (Å²) < 4.78 is 48.1. The number of amides is 3. The first-order valence-electron chi connectivity index (χ1n) is 14.2. The minimum absolute atomic E-state index is 0.00259. The highest BCUT2D eigenvalue weighted by atomic mass is 35.5. The summed E-state index contributed by atoms with van der Waals surface area (Å²) in [5, 5.41) is 12.1. The molecule has 2 atom stereocenters. The van der Waals surface area contributed by atoms with Gasteiger partial charge in [0.2, 0.25) is 11.8 Å². The van der Waals surface area contributed by atoms with Gasteiger partial charge in [-0.1, -0.05) is 29.8 Å². The fourth-order valence-electron chi connectivity index (χ4n) is 5.74. The molecule has 3 amide bonds. The monoisotopic (exact) mass is 648 g/mol. The van der Waals surface area contributed by atoms with Crippen molar-refractivity contribution in [2.24, 2.45) is 0 Å². The van der Waals surface area contributed by atoms with Crippen molar-refractivity contribution < 1.29 is 32.0 Å². The predicted molar refractivity (Wildman–Crippen MR) is 159 cm³/mol. The van der Waals surface area contributed by atoms with Gasteiger partial charge in [-0.05, 0) is 42.8 Å². The van der Waals surface area contributed by atoms with Gasteiger partial charge in [-0.25, -0.2) is 23.1 Å². The van der Waals surface area contributed by atoms with Crippen molar-refractivity contribution in [3.05, 3.63) is 95.4 Å². The second-order valence-corrected chi connectivity index (χ2v) is 11.4. The van der Waals surface area contributed by atoms with E-state index in [0.29, 0.717) is 0 Å². The topological polar surface area (TPSA) is 132 Å². The van der Waals surface area contributed by atoms with Gasteiger partial charge in [0, 0.05) is 53.3 Å². The maximum absolute atomic E-state index is 15.3. The Morgan fingerprint density at radius 1 is 1.17 bits per heavy atom. The molecule has 2 aromatic carbocycles. The maximum Gasteiger partial charge on any atom is 0.252 e. The molecule has 1 aliphatic heterocycles. The number of halogens is 4. The van der Waals surface area contributed by atoms with E-state index < -0.39 is 60.4 Å². The third kappa shape index (κ3) is 6.03. The standard InChI is InChI=1S/C32H24ClF3N6O4/c33-24-4-2-1-3-23(24)29(30(44)40-21-13-32(35,36)14-21)41(22-11-19(10-20(34)12-22)26-16-38-17-46-26)31(45)25-5-6-28(43)42(25)27-9-18(15-37)7-8-39-27/h1-4,7-12,16-17,21,25,29H,5-6,13-14H2,(H,40,44). The quantitative estimate of drug-likeness (QED) is 0.264. The summed E-state index contributed by atoms with van der Waals surface area (Å²) in [6, 6.07) is 10.8. The van der Waals surface area contributed by atoms with Crippen LogP contribution in [0.15, 0.2) is 77.8 Å². The number of hydrogen-bond donors (Lipinski definition) is 1. The fraction of sp³-hybridized carbons (Fsp3) is 0.250. The molecule has 0 spiro atoms. The van der Waals surface area contributed by atoms with E-state index in [0.717, 1.165) is 28.3 Å². The SMILES string of the molecule is N#Cc1ccnc(N2C(=O)CCC2C(=O)N(c2cc(F)cc(-c3cnco3)c2)C(C(=O)NC2CC(F)(F)C2)c2ccccc2Cl)c1. The lowest BCUT2D eigenvalue weighted by Crippen LogP contribution is -2.56. The molecule has 10 nitrogen and oxygen atoms in total. The largest absolute Gasteiger partial charge is 0.444 e. The van der Waals surface area contributed by atoms with Crippen LogP contribution in [0.2, 0.25) is 5.02 Å². The third-order valence-electron chi connectivity index (χ3n) is 7.88. The predicted octanol–water partition coefficient (Wildman–Crippen LogP) is 5.58. The molecule has 1 saturated heterocycles. The first-order valence-corrected chi connectivity index (χ1v) is 14.6. The molecule has 1 aliphatic carbocycles. The van der Waals surface area contributed by atoms with Gasteiger partial charge < -0.3 is 9.73 Å². The fourth-order valence-corrected chi connectivity index (χ4v) is 5.98. The van der Waals surface area contributed by atoms with Crippen molar-refractivity contribution in [3.63, 3.8) is 0 Å². The van der Waals surface area contributed by atoms with E-state index in [4.69, 9.17) is 16.0 Å². The summed E-state index contributed by atoms with van der Waals surface area (Å²) in [5.74, 6) is -5.64. The number of alkyl halides is 2. The second-order valence-electron chi connectivity index (χ2n) is 11.0. The number of anilines is 2. The molecule has 3 heterocycles. The molecule has 234 valence electrons. The van der Waals surface area contributed by atoms with Gasteiger partial charge in [-0.2, -0.15) is 5.26 Å². The van der Waals surface area contributed by atoms with E-state index in [9.17, 15) is 28.4 Å². The zero-order chi connectivity index (χ0) is 32.6. The number of aromatic nitrogens is 2. The Bertz CT molecular complexity index is 1860. The molecule has 1 saturated carbocycles. The van der Waals surface area contributed by atoms with Gasteiger partial charge in [-0.15, -0.1) is 0 Å². The molecule has 2 fully saturated rings. The summed E-state index contributed by atoms with van der Waals surface area (Å²) in [7, 11) is 0. The molecule has 2 aliphatic rings. The van der Waals surface area contributed by atoms with Gasteiger partial charge in [0.1, 0.15) is 23.7 Å².